The molecule has 2 aromatic rings. The molecular weight excluding hydrogens is 330 g/mol. The topological polar surface area (TPSA) is 80.2 Å². The fraction of sp³-hybridized carbons (Fsp3) is 0.474. The maximum atomic E-state index is 12.2. The standard InChI is InChI=1S/C19H25N5O2/c1-13(2)12-26-17-11-21-10-16(23-17)22-9-15-8-18(25)24(3)19(15)14-4-6-20-7-5-14/h4-7,10-11,13,15,19H,8-9,12H2,1-3H3,(H,22,23)/t15-,19-/m0/s1. The number of carbonyl (C=O) groups excluding carboxylic acids is 1. The molecular formula is C19H25N5O2. The van der Waals surface area contributed by atoms with Gasteiger partial charge in [0.15, 0.2) is 0 Å². The van der Waals surface area contributed by atoms with E-state index in [0.29, 0.717) is 37.2 Å². The summed E-state index contributed by atoms with van der Waals surface area (Å²) >= 11 is 0. The zero-order valence-electron chi connectivity index (χ0n) is 15.4. The number of likely N-dealkylation sites (tertiary alicyclic amines) is 1. The maximum absolute atomic E-state index is 12.2. The minimum absolute atomic E-state index is 0.0336. The normalized spacial score (nSPS) is 19.8. The first-order chi connectivity index (χ1) is 12.5. The van der Waals surface area contributed by atoms with Gasteiger partial charge in [-0.15, -0.1) is 0 Å². The Morgan fingerprint density at radius 2 is 2.04 bits per heavy atom. The van der Waals surface area contributed by atoms with Crippen LogP contribution in [0.1, 0.15) is 31.9 Å². The molecule has 2 aromatic heterocycles. The number of aromatic nitrogens is 3. The van der Waals surface area contributed by atoms with Gasteiger partial charge in [-0.1, -0.05) is 13.8 Å². The van der Waals surface area contributed by atoms with E-state index in [2.05, 4.69) is 34.1 Å². The third-order valence-electron chi connectivity index (χ3n) is 4.46. The summed E-state index contributed by atoms with van der Waals surface area (Å²) in [5, 5.41) is 3.31. The zero-order chi connectivity index (χ0) is 18.5. The highest BCUT2D eigenvalue weighted by molar-refractivity contribution is 5.79. The van der Waals surface area contributed by atoms with Gasteiger partial charge in [0.1, 0.15) is 5.82 Å². The average Bonchev–Trinajstić information content (AvgIpc) is 2.93. The van der Waals surface area contributed by atoms with Gasteiger partial charge in [-0.2, -0.15) is 4.98 Å². The fourth-order valence-corrected chi connectivity index (χ4v) is 3.18. The lowest BCUT2D eigenvalue weighted by molar-refractivity contribution is -0.127. The molecule has 0 bridgehead atoms. The average molecular weight is 355 g/mol. The second kappa shape index (κ2) is 8.12. The summed E-state index contributed by atoms with van der Waals surface area (Å²) in [4.78, 5) is 26.7. The van der Waals surface area contributed by atoms with E-state index in [4.69, 9.17) is 4.74 Å². The van der Waals surface area contributed by atoms with Crippen LogP contribution in [0.3, 0.4) is 0 Å². The SMILES string of the molecule is CC(C)COc1cncc(NC[C@@H]2CC(=O)N(C)[C@H]2c2ccncc2)n1. The first-order valence-corrected chi connectivity index (χ1v) is 8.89. The van der Waals surface area contributed by atoms with Crippen molar-refractivity contribution in [1.29, 1.82) is 0 Å². The molecule has 1 amide bonds. The number of nitrogens with one attached hydrogen (secondary N) is 1. The zero-order valence-corrected chi connectivity index (χ0v) is 15.4. The van der Waals surface area contributed by atoms with Crippen molar-refractivity contribution in [3.05, 3.63) is 42.5 Å². The van der Waals surface area contributed by atoms with Crippen LogP contribution in [0.4, 0.5) is 5.82 Å². The minimum Gasteiger partial charge on any atom is -0.476 e. The number of carbonyl (C=O) groups is 1. The summed E-state index contributed by atoms with van der Waals surface area (Å²) in [5.41, 5.74) is 1.10. The van der Waals surface area contributed by atoms with Crippen molar-refractivity contribution in [3.8, 4) is 5.88 Å². The predicted molar refractivity (Wildman–Crippen MR) is 98.7 cm³/mol. The van der Waals surface area contributed by atoms with Crippen LogP contribution in [0.2, 0.25) is 0 Å². The van der Waals surface area contributed by atoms with Crippen LogP contribution in [-0.2, 0) is 4.79 Å². The van der Waals surface area contributed by atoms with Crippen molar-refractivity contribution >= 4 is 11.7 Å². The van der Waals surface area contributed by atoms with Crippen molar-refractivity contribution in [1.82, 2.24) is 19.9 Å². The molecule has 0 aromatic carbocycles. The quantitative estimate of drug-likeness (QED) is 0.822. The van der Waals surface area contributed by atoms with Crippen molar-refractivity contribution in [3.63, 3.8) is 0 Å². The molecule has 1 aliphatic rings. The summed E-state index contributed by atoms with van der Waals surface area (Å²) in [6.45, 7) is 5.40. The van der Waals surface area contributed by atoms with Gasteiger partial charge in [-0.05, 0) is 23.6 Å². The van der Waals surface area contributed by atoms with E-state index >= 15 is 0 Å². The molecule has 0 spiro atoms. The number of amides is 1. The maximum Gasteiger partial charge on any atom is 0.234 e. The molecule has 26 heavy (non-hydrogen) atoms. The molecule has 7 heteroatoms. The number of nitrogens with zero attached hydrogens (tertiary/aromatic N) is 4. The molecule has 1 saturated heterocycles. The van der Waals surface area contributed by atoms with Gasteiger partial charge in [0.2, 0.25) is 11.8 Å². The Morgan fingerprint density at radius 1 is 1.27 bits per heavy atom. The van der Waals surface area contributed by atoms with Crippen molar-refractivity contribution in [2.75, 3.05) is 25.5 Å². The molecule has 3 rings (SSSR count). The second-order valence-corrected chi connectivity index (χ2v) is 7.02. The molecule has 0 radical (unpaired) electrons. The van der Waals surface area contributed by atoms with Crippen LogP contribution < -0.4 is 10.1 Å². The summed E-state index contributed by atoms with van der Waals surface area (Å²) in [6, 6.07) is 3.96. The molecule has 0 aliphatic carbocycles. The van der Waals surface area contributed by atoms with Gasteiger partial charge in [0.05, 0.1) is 25.0 Å². The minimum atomic E-state index is 0.0336. The lowest BCUT2D eigenvalue weighted by atomic mass is 9.94. The Bertz CT molecular complexity index is 738. The van der Waals surface area contributed by atoms with E-state index in [-0.39, 0.29) is 17.9 Å². The summed E-state index contributed by atoms with van der Waals surface area (Å²) in [5.74, 6) is 1.89. The smallest absolute Gasteiger partial charge is 0.234 e. The van der Waals surface area contributed by atoms with Gasteiger partial charge in [-0.25, -0.2) is 0 Å². The second-order valence-electron chi connectivity index (χ2n) is 7.02. The Hall–Kier alpha value is -2.70. The van der Waals surface area contributed by atoms with Crippen LogP contribution in [0, 0.1) is 11.8 Å². The number of rotatable bonds is 7. The summed E-state index contributed by atoms with van der Waals surface area (Å²) < 4.78 is 5.62. The molecule has 7 nitrogen and oxygen atoms in total. The Labute approximate surface area is 153 Å². The molecule has 1 N–H and O–H groups in total. The van der Waals surface area contributed by atoms with Crippen LogP contribution in [-0.4, -0.2) is 46.0 Å². The van der Waals surface area contributed by atoms with E-state index in [1.807, 2.05) is 24.1 Å². The number of hydrogen-bond donors (Lipinski definition) is 1. The van der Waals surface area contributed by atoms with Gasteiger partial charge in [0.25, 0.3) is 0 Å². The molecule has 138 valence electrons. The first kappa shape index (κ1) is 18.1. The van der Waals surface area contributed by atoms with E-state index < -0.39 is 0 Å². The van der Waals surface area contributed by atoms with Gasteiger partial charge in [0, 0.05) is 38.3 Å². The van der Waals surface area contributed by atoms with Crippen LogP contribution in [0.25, 0.3) is 0 Å². The van der Waals surface area contributed by atoms with Crippen molar-refractivity contribution in [2.45, 2.75) is 26.3 Å². The fourth-order valence-electron chi connectivity index (χ4n) is 3.18. The number of anilines is 1. The molecule has 0 unspecified atom stereocenters. The first-order valence-electron chi connectivity index (χ1n) is 8.89. The van der Waals surface area contributed by atoms with Gasteiger partial charge in [-0.3, -0.25) is 14.8 Å². The summed E-state index contributed by atoms with van der Waals surface area (Å²) in [7, 11) is 1.85. The molecule has 1 aliphatic heterocycles. The molecule has 1 fully saturated rings. The third kappa shape index (κ3) is 4.28. The summed E-state index contributed by atoms with van der Waals surface area (Å²) in [6.07, 6.45) is 7.31. The van der Waals surface area contributed by atoms with E-state index in [1.54, 1.807) is 24.8 Å². The lowest BCUT2D eigenvalue weighted by Crippen LogP contribution is -2.26. The number of hydrogen-bond acceptors (Lipinski definition) is 6. The van der Waals surface area contributed by atoms with E-state index in [1.165, 1.54) is 0 Å². The van der Waals surface area contributed by atoms with Crippen LogP contribution in [0.15, 0.2) is 36.9 Å². The number of ether oxygens (including phenoxy) is 1. The Kier molecular flexibility index (Phi) is 5.65. The van der Waals surface area contributed by atoms with Crippen molar-refractivity contribution < 1.29 is 9.53 Å². The van der Waals surface area contributed by atoms with Crippen LogP contribution in [0.5, 0.6) is 5.88 Å². The Morgan fingerprint density at radius 3 is 2.77 bits per heavy atom. The molecule has 2 atom stereocenters. The highest BCUT2D eigenvalue weighted by Gasteiger charge is 2.38. The lowest BCUT2D eigenvalue weighted by Gasteiger charge is -2.25. The monoisotopic (exact) mass is 355 g/mol. The third-order valence-corrected chi connectivity index (χ3v) is 4.46. The van der Waals surface area contributed by atoms with E-state index in [0.717, 1.165) is 5.56 Å². The van der Waals surface area contributed by atoms with Gasteiger partial charge < -0.3 is 15.0 Å². The Balaban J connectivity index is 1.66. The van der Waals surface area contributed by atoms with E-state index in [9.17, 15) is 4.79 Å². The van der Waals surface area contributed by atoms with Crippen LogP contribution >= 0.6 is 0 Å². The molecule has 3 heterocycles. The number of pyridine rings is 1. The molecule has 0 saturated carbocycles. The van der Waals surface area contributed by atoms with Gasteiger partial charge >= 0.3 is 0 Å². The highest BCUT2D eigenvalue weighted by Crippen LogP contribution is 2.36. The largest absolute Gasteiger partial charge is 0.476 e. The predicted octanol–water partition coefficient (Wildman–Crippen LogP) is 2.54. The highest BCUT2D eigenvalue weighted by atomic mass is 16.5. The van der Waals surface area contributed by atoms with Crippen molar-refractivity contribution in [2.24, 2.45) is 11.8 Å².